The van der Waals surface area contributed by atoms with E-state index in [1.54, 1.807) is 0 Å². The Morgan fingerprint density at radius 3 is 2.93 bits per heavy atom. The smallest absolute Gasteiger partial charge is 0.251 e. The second kappa shape index (κ2) is 3.80. The van der Waals surface area contributed by atoms with Crippen molar-refractivity contribution < 1.29 is 0 Å². The fourth-order valence-electron chi connectivity index (χ4n) is 1.74. The summed E-state index contributed by atoms with van der Waals surface area (Å²) in [7, 11) is 0. The molecule has 0 saturated heterocycles. The number of hydrogen-bond donors (Lipinski definition) is 1. The maximum absolute atomic E-state index is 5.51. The first kappa shape index (κ1) is 9.82. The predicted octanol–water partition coefficient (Wildman–Crippen LogP) is 0.674. The summed E-state index contributed by atoms with van der Waals surface area (Å²) in [5.41, 5.74) is 5.51. The molecule has 0 aromatic carbocycles. The van der Waals surface area contributed by atoms with Gasteiger partial charge in [-0.05, 0) is 6.42 Å². The molecule has 1 aliphatic heterocycles. The van der Waals surface area contributed by atoms with Crippen LogP contribution in [-0.2, 0) is 0 Å². The van der Waals surface area contributed by atoms with E-state index in [-0.39, 0.29) is 5.95 Å². The Morgan fingerprint density at radius 2 is 2.27 bits per heavy atom. The Balaban J connectivity index is 2.28. The van der Waals surface area contributed by atoms with Gasteiger partial charge in [0.25, 0.3) is 5.95 Å². The first-order valence-electron chi connectivity index (χ1n) is 5.00. The van der Waals surface area contributed by atoms with Crippen molar-refractivity contribution in [2.45, 2.75) is 26.3 Å². The van der Waals surface area contributed by atoms with Crippen LogP contribution in [-0.4, -0.2) is 27.2 Å². The van der Waals surface area contributed by atoms with Gasteiger partial charge in [0.05, 0.1) is 6.04 Å². The SMILES string of the molecule is CCC1C(C)C=NN1c1ncnc(N)n1. The number of nitrogens with zero attached hydrogens (tertiary/aromatic N) is 5. The second-order valence-corrected chi connectivity index (χ2v) is 3.59. The van der Waals surface area contributed by atoms with Crippen LogP contribution in [0.5, 0.6) is 0 Å². The minimum Gasteiger partial charge on any atom is -0.368 e. The third-order valence-corrected chi connectivity index (χ3v) is 2.55. The summed E-state index contributed by atoms with van der Waals surface area (Å²) in [4.78, 5) is 11.9. The predicted molar refractivity (Wildman–Crippen MR) is 58.5 cm³/mol. The topological polar surface area (TPSA) is 80.3 Å². The van der Waals surface area contributed by atoms with E-state index in [2.05, 4.69) is 33.9 Å². The second-order valence-electron chi connectivity index (χ2n) is 3.59. The monoisotopic (exact) mass is 206 g/mol. The minimum atomic E-state index is 0.226. The largest absolute Gasteiger partial charge is 0.368 e. The van der Waals surface area contributed by atoms with Gasteiger partial charge in [0.2, 0.25) is 5.95 Å². The van der Waals surface area contributed by atoms with Crippen molar-refractivity contribution in [2.75, 3.05) is 10.7 Å². The van der Waals surface area contributed by atoms with E-state index in [4.69, 9.17) is 5.73 Å². The fraction of sp³-hybridized carbons (Fsp3) is 0.556. The summed E-state index contributed by atoms with van der Waals surface area (Å²) >= 11 is 0. The van der Waals surface area contributed by atoms with Crippen molar-refractivity contribution in [1.29, 1.82) is 0 Å². The molecule has 2 unspecified atom stereocenters. The molecule has 0 spiro atoms. The molecule has 0 saturated carbocycles. The zero-order valence-corrected chi connectivity index (χ0v) is 8.83. The number of rotatable bonds is 2. The van der Waals surface area contributed by atoms with Crippen molar-refractivity contribution in [3.63, 3.8) is 0 Å². The molecule has 1 aliphatic rings. The van der Waals surface area contributed by atoms with Crippen LogP contribution in [0.2, 0.25) is 0 Å². The van der Waals surface area contributed by atoms with E-state index in [0.717, 1.165) is 6.42 Å². The lowest BCUT2D eigenvalue weighted by Gasteiger charge is -2.22. The average molecular weight is 206 g/mol. The molecule has 0 aliphatic carbocycles. The van der Waals surface area contributed by atoms with Crippen molar-refractivity contribution in [3.8, 4) is 0 Å². The van der Waals surface area contributed by atoms with Gasteiger partial charge in [-0.1, -0.05) is 13.8 Å². The van der Waals surface area contributed by atoms with Crippen molar-refractivity contribution in [3.05, 3.63) is 6.33 Å². The van der Waals surface area contributed by atoms with Crippen molar-refractivity contribution in [1.82, 2.24) is 15.0 Å². The first-order chi connectivity index (χ1) is 7.22. The Morgan fingerprint density at radius 1 is 1.47 bits per heavy atom. The van der Waals surface area contributed by atoms with Gasteiger partial charge in [-0.25, -0.2) is 9.99 Å². The van der Waals surface area contributed by atoms with Gasteiger partial charge in [-0.15, -0.1) is 0 Å². The van der Waals surface area contributed by atoms with E-state index >= 15 is 0 Å². The molecule has 2 heterocycles. The highest BCUT2D eigenvalue weighted by molar-refractivity contribution is 5.67. The Bertz CT molecular complexity index is 377. The van der Waals surface area contributed by atoms with Crippen LogP contribution in [0.15, 0.2) is 11.4 Å². The molecule has 0 amide bonds. The minimum absolute atomic E-state index is 0.226. The van der Waals surface area contributed by atoms with E-state index < -0.39 is 0 Å². The lowest BCUT2D eigenvalue weighted by Crippen LogP contribution is -2.31. The molecule has 0 fully saturated rings. The zero-order valence-electron chi connectivity index (χ0n) is 8.83. The van der Waals surface area contributed by atoms with Gasteiger partial charge in [0, 0.05) is 12.1 Å². The summed E-state index contributed by atoms with van der Waals surface area (Å²) in [6.07, 6.45) is 4.31. The van der Waals surface area contributed by atoms with E-state index in [1.165, 1.54) is 6.33 Å². The number of hydrazone groups is 1. The molecule has 0 bridgehead atoms. The van der Waals surface area contributed by atoms with Crippen LogP contribution in [0, 0.1) is 5.92 Å². The number of hydrogen-bond acceptors (Lipinski definition) is 6. The van der Waals surface area contributed by atoms with E-state index in [0.29, 0.717) is 17.9 Å². The Kier molecular flexibility index (Phi) is 2.49. The maximum atomic E-state index is 5.51. The third-order valence-electron chi connectivity index (χ3n) is 2.55. The summed E-state index contributed by atoms with van der Waals surface area (Å²) in [6, 6.07) is 0.312. The molecule has 2 atom stereocenters. The molecule has 1 aromatic rings. The van der Waals surface area contributed by atoms with Crippen LogP contribution in [0.3, 0.4) is 0 Å². The number of anilines is 2. The molecule has 1 aromatic heterocycles. The normalized spacial score (nSPS) is 24.8. The summed E-state index contributed by atoms with van der Waals surface area (Å²) in [5.74, 6) is 1.16. The van der Waals surface area contributed by atoms with Gasteiger partial charge in [-0.2, -0.15) is 15.1 Å². The summed E-state index contributed by atoms with van der Waals surface area (Å²) in [6.45, 7) is 4.25. The van der Waals surface area contributed by atoms with Gasteiger partial charge in [-0.3, -0.25) is 0 Å². The highest BCUT2D eigenvalue weighted by Crippen LogP contribution is 2.24. The molecule has 0 radical (unpaired) electrons. The molecule has 15 heavy (non-hydrogen) atoms. The van der Waals surface area contributed by atoms with Crippen molar-refractivity contribution >= 4 is 18.1 Å². The number of nitrogen functional groups attached to an aromatic ring is 1. The third kappa shape index (κ3) is 1.74. The van der Waals surface area contributed by atoms with Gasteiger partial charge < -0.3 is 5.73 Å². The van der Waals surface area contributed by atoms with Gasteiger partial charge in [0.1, 0.15) is 6.33 Å². The highest BCUT2D eigenvalue weighted by Gasteiger charge is 2.28. The van der Waals surface area contributed by atoms with Crippen LogP contribution >= 0.6 is 0 Å². The van der Waals surface area contributed by atoms with E-state index in [9.17, 15) is 0 Å². The molecule has 6 nitrogen and oxygen atoms in total. The number of nitrogens with two attached hydrogens (primary N) is 1. The Hall–Kier alpha value is -1.72. The molecular weight excluding hydrogens is 192 g/mol. The zero-order chi connectivity index (χ0) is 10.8. The molecule has 2 rings (SSSR count). The van der Waals surface area contributed by atoms with Gasteiger partial charge >= 0.3 is 0 Å². The molecule has 80 valence electrons. The van der Waals surface area contributed by atoms with Crippen LogP contribution in [0.25, 0.3) is 0 Å². The Labute approximate surface area is 88.2 Å². The standard InChI is InChI=1S/C9H14N6/c1-3-7-6(2)4-13-15(7)9-12-5-11-8(10)14-9/h4-7H,3H2,1-2H3,(H2,10,11,12,14). The summed E-state index contributed by atoms with van der Waals surface area (Å²) in [5, 5.41) is 6.09. The molecular formula is C9H14N6. The molecule has 6 heteroatoms. The molecule has 2 N–H and O–H groups in total. The van der Waals surface area contributed by atoms with Crippen LogP contribution in [0.1, 0.15) is 20.3 Å². The van der Waals surface area contributed by atoms with Gasteiger partial charge in [0.15, 0.2) is 0 Å². The average Bonchev–Trinajstić information content (AvgIpc) is 2.59. The van der Waals surface area contributed by atoms with Crippen LogP contribution in [0.4, 0.5) is 11.9 Å². The lowest BCUT2D eigenvalue weighted by atomic mass is 10.0. The van der Waals surface area contributed by atoms with Crippen LogP contribution < -0.4 is 10.7 Å². The van der Waals surface area contributed by atoms with E-state index in [1.807, 2.05) is 11.2 Å². The summed E-state index contributed by atoms with van der Waals surface area (Å²) < 4.78 is 0. The van der Waals surface area contributed by atoms with Crippen molar-refractivity contribution in [2.24, 2.45) is 11.0 Å². The first-order valence-corrected chi connectivity index (χ1v) is 5.00. The number of aromatic nitrogens is 3. The quantitative estimate of drug-likeness (QED) is 0.769. The highest BCUT2D eigenvalue weighted by atomic mass is 15.5. The lowest BCUT2D eigenvalue weighted by molar-refractivity contribution is 0.536. The maximum Gasteiger partial charge on any atom is 0.251 e. The fourth-order valence-corrected chi connectivity index (χ4v) is 1.74.